The van der Waals surface area contributed by atoms with Crippen molar-refractivity contribution in [3.05, 3.63) is 47.8 Å². The third-order valence-corrected chi connectivity index (χ3v) is 4.57. The number of nitrogens with zero attached hydrogens (tertiary/aromatic N) is 4. The van der Waals surface area contributed by atoms with Crippen molar-refractivity contribution in [1.82, 2.24) is 19.4 Å². The number of hydrogen-bond donors (Lipinski definition) is 0. The van der Waals surface area contributed by atoms with Crippen molar-refractivity contribution in [2.24, 2.45) is 7.05 Å². The summed E-state index contributed by atoms with van der Waals surface area (Å²) in [5.41, 5.74) is 0.0957. The summed E-state index contributed by atoms with van der Waals surface area (Å²) in [6.45, 7) is 3.59. The van der Waals surface area contributed by atoms with Crippen molar-refractivity contribution < 1.29 is 13.9 Å². The third-order valence-electron chi connectivity index (χ3n) is 4.57. The van der Waals surface area contributed by atoms with Crippen molar-refractivity contribution >= 4 is 5.91 Å². The van der Waals surface area contributed by atoms with Gasteiger partial charge in [0, 0.05) is 51.7 Å². The van der Waals surface area contributed by atoms with Gasteiger partial charge in [-0.25, -0.2) is 9.37 Å². The van der Waals surface area contributed by atoms with Crippen molar-refractivity contribution in [3.63, 3.8) is 0 Å². The second-order valence-corrected chi connectivity index (χ2v) is 6.22. The number of methoxy groups -OCH3 is 1. The van der Waals surface area contributed by atoms with Gasteiger partial charge in [0.1, 0.15) is 17.4 Å². The molecule has 0 bridgehead atoms. The molecule has 0 saturated carbocycles. The van der Waals surface area contributed by atoms with Crippen LogP contribution in [0.25, 0.3) is 0 Å². The maximum atomic E-state index is 14.2. The molecule has 2 aromatic rings. The normalized spacial score (nSPS) is 15.9. The van der Waals surface area contributed by atoms with Gasteiger partial charge < -0.3 is 14.2 Å². The summed E-state index contributed by atoms with van der Waals surface area (Å²) in [6.07, 6.45) is 4.57. The number of carbonyl (C=O) groups excluding carboxylic acids is 1. The van der Waals surface area contributed by atoms with Crippen LogP contribution >= 0.6 is 0 Å². The van der Waals surface area contributed by atoms with Gasteiger partial charge in [-0.15, -0.1) is 0 Å². The lowest BCUT2D eigenvalue weighted by Gasteiger charge is -2.22. The van der Waals surface area contributed by atoms with Gasteiger partial charge in [-0.2, -0.15) is 0 Å². The van der Waals surface area contributed by atoms with Crippen LogP contribution in [0.5, 0.6) is 5.75 Å². The first-order valence-corrected chi connectivity index (χ1v) is 8.40. The average Bonchev–Trinajstić information content (AvgIpc) is 2.87. The summed E-state index contributed by atoms with van der Waals surface area (Å²) in [4.78, 5) is 21.0. The molecule has 6 nitrogen and oxygen atoms in total. The van der Waals surface area contributed by atoms with E-state index in [0.29, 0.717) is 18.8 Å². The monoisotopic (exact) mass is 346 g/mol. The van der Waals surface area contributed by atoms with E-state index in [1.165, 1.54) is 19.2 Å². The molecular formula is C18H23FN4O2. The number of carbonyl (C=O) groups is 1. The number of ether oxygens (including phenoxy) is 1. The number of amides is 1. The lowest BCUT2D eigenvalue weighted by molar-refractivity contribution is 0.0756. The van der Waals surface area contributed by atoms with Crippen LogP contribution in [0.3, 0.4) is 0 Å². The minimum absolute atomic E-state index is 0.0957. The highest BCUT2D eigenvalue weighted by molar-refractivity contribution is 5.94. The average molecular weight is 346 g/mol. The largest absolute Gasteiger partial charge is 0.497 e. The first-order valence-electron chi connectivity index (χ1n) is 8.40. The second kappa shape index (κ2) is 7.65. The van der Waals surface area contributed by atoms with E-state index in [9.17, 15) is 9.18 Å². The van der Waals surface area contributed by atoms with Crippen LogP contribution in [0.15, 0.2) is 30.6 Å². The summed E-state index contributed by atoms with van der Waals surface area (Å²) < 4.78 is 21.2. The topological polar surface area (TPSA) is 50.6 Å². The van der Waals surface area contributed by atoms with Crippen molar-refractivity contribution in [1.29, 1.82) is 0 Å². The molecule has 0 aliphatic carbocycles. The molecule has 2 heterocycles. The van der Waals surface area contributed by atoms with E-state index < -0.39 is 5.82 Å². The Morgan fingerprint density at radius 3 is 2.80 bits per heavy atom. The molecule has 1 saturated heterocycles. The van der Waals surface area contributed by atoms with E-state index in [1.807, 2.05) is 17.8 Å². The molecule has 1 amide bonds. The van der Waals surface area contributed by atoms with Crippen LogP contribution in [0.1, 0.15) is 22.6 Å². The quantitative estimate of drug-likeness (QED) is 0.849. The molecule has 0 unspecified atom stereocenters. The van der Waals surface area contributed by atoms with Crippen molar-refractivity contribution in [3.8, 4) is 5.75 Å². The second-order valence-electron chi connectivity index (χ2n) is 6.22. The van der Waals surface area contributed by atoms with Gasteiger partial charge in [-0.05, 0) is 18.6 Å². The van der Waals surface area contributed by atoms with E-state index in [4.69, 9.17) is 4.74 Å². The molecule has 25 heavy (non-hydrogen) atoms. The van der Waals surface area contributed by atoms with Gasteiger partial charge in [-0.3, -0.25) is 9.69 Å². The highest BCUT2D eigenvalue weighted by atomic mass is 19.1. The maximum absolute atomic E-state index is 14.2. The molecule has 0 radical (unpaired) electrons. The number of aryl methyl sites for hydroxylation is 1. The minimum atomic E-state index is -0.543. The summed E-state index contributed by atoms with van der Waals surface area (Å²) in [5.74, 6) is 0.601. The first-order chi connectivity index (χ1) is 12.1. The molecule has 1 aromatic heterocycles. The standard InChI is InChI=1S/C18H23FN4O2/c1-21-9-6-20-17(21)13-22-7-3-8-23(11-10-22)18(24)15-5-4-14(25-2)12-16(15)19/h4-6,9,12H,3,7-8,10-11,13H2,1-2H3. The SMILES string of the molecule is COc1ccc(C(=O)N2CCCN(Cc3nccn3C)CC2)c(F)c1. The molecule has 1 aliphatic rings. The minimum Gasteiger partial charge on any atom is -0.497 e. The first kappa shape index (κ1) is 17.4. The van der Waals surface area contributed by atoms with E-state index in [1.54, 1.807) is 17.2 Å². The highest BCUT2D eigenvalue weighted by Crippen LogP contribution is 2.19. The Labute approximate surface area is 146 Å². The Morgan fingerprint density at radius 1 is 1.28 bits per heavy atom. The zero-order valence-corrected chi connectivity index (χ0v) is 14.6. The fourth-order valence-corrected chi connectivity index (χ4v) is 3.05. The lowest BCUT2D eigenvalue weighted by Crippen LogP contribution is -2.35. The number of imidazole rings is 1. The molecule has 1 fully saturated rings. The number of hydrogen-bond acceptors (Lipinski definition) is 4. The fourth-order valence-electron chi connectivity index (χ4n) is 3.05. The van der Waals surface area contributed by atoms with Crippen LogP contribution in [-0.4, -0.2) is 58.5 Å². The van der Waals surface area contributed by atoms with Gasteiger partial charge in [0.05, 0.1) is 19.2 Å². The molecule has 1 aliphatic heterocycles. The van der Waals surface area contributed by atoms with Crippen LogP contribution in [0.4, 0.5) is 4.39 Å². The summed E-state index contributed by atoms with van der Waals surface area (Å²) in [5, 5.41) is 0. The van der Waals surface area contributed by atoms with Crippen LogP contribution < -0.4 is 4.74 Å². The summed E-state index contributed by atoms with van der Waals surface area (Å²) in [7, 11) is 3.45. The summed E-state index contributed by atoms with van der Waals surface area (Å²) in [6, 6.07) is 4.35. The molecular weight excluding hydrogens is 323 g/mol. The number of aromatic nitrogens is 2. The molecule has 3 rings (SSSR count). The van der Waals surface area contributed by atoms with Gasteiger partial charge in [-0.1, -0.05) is 0 Å². The smallest absolute Gasteiger partial charge is 0.256 e. The zero-order valence-electron chi connectivity index (χ0n) is 14.6. The zero-order chi connectivity index (χ0) is 17.8. The molecule has 0 N–H and O–H groups in total. The highest BCUT2D eigenvalue weighted by Gasteiger charge is 2.23. The molecule has 1 aromatic carbocycles. The Bertz CT molecular complexity index is 746. The number of benzene rings is 1. The predicted octanol–water partition coefficient (Wildman–Crippen LogP) is 1.92. The van der Waals surface area contributed by atoms with Gasteiger partial charge in [0.25, 0.3) is 5.91 Å². The number of rotatable bonds is 4. The van der Waals surface area contributed by atoms with Crippen LogP contribution in [0, 0.1) is 5.82 Å². The Hall–Kier alpha value is -2.41. The van der Waals surface area contributed by atoms with E-state index in [-0.39, 0.29) is 11.5 Å². The lowest BCUT2D eigenvalue weighted by atomic mass is 10.1. The van der Waals surface area contributed by atoms with Gasteiger partial charge in [0.15, 0.2) is 0 Å². The Balaban J connectivity index is 1.64. The van der Waals surface area contributed by atoms with E-state index in [2.05, 4.69) is 9.88 Å². The van der Waals surface area contributed by atoms with Crippen molar-refractivity contribution in [2.75, 3.05) is 33.3 Å². The van der Waals surface area contributed by atoms with E-state index in [0.717, 1.165) is 31.9 Å². The van der Waals surface area contributed by atoms with Crippen LogP contribution in [-0.2, 0) is 13.6 Å². The van der Waals surface area contributed by atoms with Crippen molar-refractivity contribution in [2.45, 2.75) is 13.0 Å². The molecule has 0 atom stereocenters. The summed E-state index contributed by atoms with van der Waals surface area (Å²) >= 11 is 0. The Kier molecular flexibility index (Phi) is 5.33. The Morgan fingerprint density at radius 2 is 2.12 bits per heavy atom. The predicted molar refractivity (Wildman–Crippen MR) is 92.0 cm³/mol. The van der Waals surface area contributed by atoms with E-state index >= 15 is 0 Å². The molecule has 0 spiro atoms. The molecule has 7 heteroatoms. The third kappa shape index (κ3) is 3.99. The van der Waals surface area contributed by atoms with Gasteiger partial charge in [0.2, 0.25) is 0 Å². The maximum Gasteiger partial charge on any atom is 0.256 e. The fraction of sp³-hybridized carbons (Fsp3) is 0.444. The van der Waals surface area contributed by atoms with Crippen LogP contribution in [0.2, 0.25) is 0 Å². The van der Waals surface area contributed by atoms with Gasteiger partial charge >= 0.3 is 0 Å². The molecule has 134 valence electrons. The number of halogens is 1.